The zero-order chi connectivity index (χ0) is 17.4. The van der Waals surface area contributed by atoms with Crippen molar-refractivity contribution in [2.75, 3.05) is 14.2 Å². The first kappa shape index (κ1) is 18.3. The van der Waals surface area contributed by atoms with Crippen molar-refractivity contribution >= 4 is 0 Å². The number of methoxy groups -OCH3 is 2. The van der Waals surface area contributed by atoms with E-state index < -0.39 is 0 Å². The minimum atomic E-state index is 0.0975. The van der Waals surface area contributed by atoms with E-state index in [0.717, 1.165) is 49.2 Å². The SMILES string of the molecule is COc1cc(C[C@@H](C)N)c(OC)cc1CCCCc1ccccc1. The highest BCUT2D eigenvalue weighted by Crippen LogP contribution is 2.31. The summed E-state index contributed by atoms with van der Waals surface area (Å²) in [5.41, 5.74) is 9.65. The number of rotatable bonds is 9. The van der Waals surface area contributed by atoms with Crippen LogP contribution in [0.3, 0.4) is 0 Å². The summed E-state index contributed by atoms with van der Waals surface area (Å²) in [6.45, 7) is 2.00. The minimum absolute atomic E-state index is 0.0975. The molecule has 0 radical (unpaired) electrons. The molecule has 130 valence electrons. The lowest BCUT2D eigenvalue weighted by Crippen LogP contribution is -2.18. The van der Waals surface area contributed by atoms with Crippen molar-refractivity contribution in [3.05, 3.63) is 59.2 Å². The van der Waals surface area contributed by atoms with E-state index in [2.05, 4.69) is 42.5 Å². The molecule has 24 heavy (non-hydrogen) atoms. The number of hydrogen-bond acceptors (Lipinski definition) is 3. The fraction of sp³-hybridized carbons (Fsp3) is 0.429. The van der Waals surface area contributed by atoms with Gasteiger partial charge in [0.05, 0.1) is 14.2 Å². The Hall–Kier alpha value is -2.00. The predicted molar refractivity (Wildman–Crippen MR) is 100.0 cm³/mol. The van der Waals surface area contributed by atoms with Gasteiger partial charge in [0, 0.05) is 6.04 Å². The molecule has 0 amide bonds. The van der Waals surface area contributed by atoms with Gasteiger partial charge in [-0.25, -0.2) is 0 Å². The van der Waals surface area contributed by atoms with Gasteiger partial charge in [-0.1, -0.05) is 30.3 Å². The third-order valence-electron chi connectivity index (χ3n) is 4.23. The molecule has 0 saturated carbocycles. The maximum absolute atomic E-state index is 5.93. The smallest absolute Gasteiger partial charge is 0.122 e. The fourth-order valence-electron chi connectivity index (χ4n) is 3.02. The van der Waals surface area contributed by atoms with Crippen LogP contribution in [0.25, 0.3) is 0 Å². The first-order chi connectivity index (χ1) is 11.6. The molecule has 0 bridgehead atoms. The van der Waals surface area contributed by atoms with Crippen LogP contribution in [0.15, 0.2) is 42.5 Å². The number of hydrogen-bond donors (Lipinski definition) is 1. The summed E-state index contributed by atoms with van der Waals surface area (Å²) >= 11 is 0. The first-order valence-corrected chi connectivity index (χ1v) is 8.67. The molecular weight excluding hydrogens is 298 g/mol. The summed E-state index contributed by atoms with van der Waals surface area (Å²) in [5, 5.41) is 0. The molecule has 0 unspecified atom stereocenters. The van der Waals surface area contributed by atoms with Gasteiger partial charge in [-0.2, -0.15) is 0 Å². The van der Waals surface area contributed by atoms with Crippen molar-refractivity contribution in [1.29, 1.82) is 0 Å². The third kappa shape index (κ3) is 5.27. The predicted octanol–water partition coefficient (Wildman–Crippen LogP) is 4.16. The van der Waals surface area contributed by atoms with Gasteiger partial charge in [0.1, 0.15) is 11.5 Å². The molecule has 2 aromatic rings. The molecule has 0 fully saturated rings. The second-order valence-electron chi connectivity index (χ2n) is 6.35. The molecule has 2 aromatic carbocycles. The Morgan fingerprint density at radius 1 is 0.875 bits per heavy atom. The molecule has 3 nitrogen and oxygen atoms in total. The van der Waals surface area contributed by atoms with Crippen LogP contribution in [-0.2, 0) is 19.3 Å². The van der Waals surface area contributed by atoms with E-state index in [1.165, 1.54) is 11.1 Å². The Bertz CT molecular complexity index is 623. The molecule has 2 rings (SSSR count). The minimum Gasteiger partial charge on any atom is -0.496 e. The Morgan fingerprint density at radius 2 is 1.46 bits per heavy atom. The van der Waals surface area contributed by atoms with Crippen LogP contribution in [0.1, 0.15) is 36.5 Å². The Balaban J connectivity index is 2.00. The van der Waals surface area contributed by atoms with Crippen molar-refractivity contribution in [3.63, 3.8) is 0 Å². The zero-order valence-electron chi connectivity index (χ0n) is 15.0. The second-order valence-corrected chi connectivity index (χ2v) is 6.35. The van der Waals surface area contributed by atoms with Gasteiger partial charge in [0.15, 0.2) is 0 Å². The molecule has 0 aliphatic rings. The lowest BCUT2D eigenvalue weighted by atomic mass is 9.99. The highest BCUT2D eigenvalue weighted by Gasteiger charge is 2.12. The normalized spacial score (nSPS) is 12.0. The van der Waals surface area contributed by atoms with Gasteiger partial charge >= 0.3 is 0 Å². The number of nitrogens with two attached hydrogens (primary N) is 1. The molecule has 0 heterocycles. The molecule has 0 aromatic heterocycles. The maximum Gasteiger partial charge on any atom is 0.122 e. The fourth-order valence-corrected chi connectivity index (χ4v) is 3.02. The van der Waals surface area contributed by atoms with E-state index >= 15 is 0 Å². The summed E-state index contributed by atoms with van der Waals surface area (Å²) in [4.78, 5) is 0. The van der Waals surface area contributed by atoms with E-state index in [1.54, 1.807) is 14.2 Å². The van der Waals surface area contributed by atoms with Gasteiger partial charge in [-0.15, -0.1) is 0 Å². The molecule has 3 heteroatoms. The molecule has 0 saturated heterocycles. The number of benzene rings is 2. The summed E-state index contributed by atoms with van der Waals surface area (Å²) < 4.78 is 11.1. The largest absolute Gasteiger partial charge is 0.496 e. The highest BCUT2D eigenvalue weighted by molar-refractivity contribution is 5.47. The standard InChI is InChI=1S/C21H29NO2/c1-16(22)13-19-15-20(23-2)18(14-21(19)24-3)12-8-7-11-17-9-5-4-6-10-17/h4-6,9-10,14-16H,7-8,11-13,22H2,1-3H3/t16-/m1/s1. The summed E-state index contributed by atoms with van der Waals surface area (Å²) in [6.07, 6.45) is 5.18. The van der Waals surface area contributed by atoms with Crippen LogP contribution in [0, 0.1) is 0 Å². The van der Waals surface area contributed by atoms with Crippen LogP contribution < -0.4 is 15.2 Å². The molecule has 0 aliphatic carbocycles. The van der Waals surface area contributed by atoms with Crippen LogP contribution in [0.2, 0.25) is 0 Å². The van der Waals surface area contributed by atoms with Crippen molar-refractivity contribution in [3.8, 4) is 11.5 Å². The van der Waals surface area contributed by atoms with E-state index in [4.69, 9.17) is 15.2 Å². The average molecular weight is 327 g/mol. The van der Waals surface area contributed by atoms with Crippen molar-refractivity contribution in [1.82, 2.24) is 0 Å². The van der Waals surface area contributed by atoms with E-state index in [0.29, 0.717) is 0 Å². The van der Waals surface area contributed by atoms with Crippen LogP contribution in [0.5, 0.6) is 11.5 Å². The Kier molecular flexibility index (Phi) is 7.13. The summed E-state index contributed by atoms with van der Waals surface area (Å²) in [6, 6.07) is 14.9. The molecular formula is C21H29NO2. The van der Waals surface area contributed by atoms with Crippen LogP contribution >= 0.6 is 0 Å². The van der Waals surface area contributed by atoms with Gasteiger partial charge in [-0.05, 0) is 67.9 Å². The molecule has 0 spiro atoms. The Morgan fingerprint density at radius 3 is 2.08 bits per heavy atom. The highest BCUT2D eigenvalue weighted by atomic mass is 16.5. The first-order valence-electron chi connectivity index (χ1n) is 8.67. The van der Waals surface area contributed by atoms with Gasteiger partial charge in [-0.3, -0.25) is 0 Å². The third-order valence-corrected chi connectivity index (χ3v) is 4.23. The van der Waals surface area contributed by atoms with Crippen molar-refractivity contribution in [2.45, 2.75) is 45.1 Å². The van der Waals surface area contributed by atoms with Gasteiger partial charge in [0.2, 0.25) is 0 Å². The average Bonchev–Trinajstić information content (AvgIpc) is 2.59. The molecule has 1 atom stereocenters. The topological polar surface area (TPSA) is 44.5 Å². The van der Waals surface area contributed by atoms with E-state index in [9.17, 15) is 0 Å². The number of unbranched alkanes of at least 4 members (excludes halogenated alkanes) is 1. The van der Waals surface area contributed by atoms with E-state index in [1.807, 2.05) is 6.92 Å². The number of ether oxygens (including phenoxy) is 2. The quantitative estimate of drug-likeness (QED) is 0.703. The van der Waals surface area contributed by atoms with Gasteiger partial charge in [0.25, 0.3) is 0 Å². The zero-order valence-corrected chi connectivity index (χ0v) is 15.0. The Labute approximate surface area is 145 Å². The van der Waals surface area contributed by atoms with E-state index in [-0.39, 0.29) is 6.04 Å². The van der Waals surface area contributed by atoms with Crippen LogP contribution in [0.4, 0.5) is 0 Å². The molecule has 2 N–H and O–H groups in total. The van der Waals surface area contributed by atoms with Crippen LogP contribution in [-0.4, -0.2) is 20.3 Å². The molecule has 0 aliphatic heterocycles. The maximum atomic E-state index is 5.93. The number of aryl methyl sites for hydroxylation is 2. The summed E-state index contributed by atoms with van der Waals surface area (Å²) in [5.74, 6) is 1.84. The lowest BCUT2D eigenvalue weighted by molar-refractivity contribution is 0.393. The van der Waals surface area contributed by atoms with Gasteiger partial charge < -0.3 is 15.2 Å². The lowest BCUT2D eigenvalue weighted by Gasteiger charge is -2.16. The summed E-state index contributed by atoms with van der Waals surface area (Å²) in [7, 11) is 3.44. The van der Waals surface area contributed by atoms with Crippen molar-refractivity contribution < 1.29 is 9.47 Å². The second kappa shape index (κ2) is 9.33. The van der Waals surface area contributed by atoms with Crippen molar-refractivity contribution in [2.24, 2.45) is 5.73 Å². The monoisotopic (exact) mass is 327 g/mol.